The maximum Gasteiger partial charge on any atom is 0.227 e. The van der Waals surface area contributed by atoms with Gasteiger partial charge in [-0.15, -0.1) is 0 Å². The molecule has 1 heterocycles. The van der Waals surface area contributed by atoms with Gasteiger partial charge in [0.05, 0.1) is 7.11 Å². The number of para-hydroxylation sites is 1. The van der Waals surface area contributed by atoms with Gasteiger partial charge in [-0.3, -0.25) is 4.79 Å². The van der Waals surface area contributed by atoms with Gasteiger partial charge in [-0.1, -0.05) is 30.3 Å². The molecule has 5 nitrogen and oxygen atoms in total. The minimum Gasteiger partial charge on any atom is -0.493 e. The predicted octanol–water partition coefficient (Wildman–Crippen LogP) is 4.90. The zero-order valence-corrected chi connectivity index (χ0v) is 16.6. The highest BCUT2D eigenvalue weighted by Crippen LogP contribution is 2.38. The van der Waals surface area contributed by atoms with Crippen LogP contribution in [-0.2, 0) is 4.79 Å². The van der Waals surface area contributed by atoms with Crippen LogP contribution in [-0.4, -0.2) is 19.6 Å². The molecule has 1 aliphatic rings. The number of anilines is 2. The smallest absolute Gasteiger partial charge is 0.227 e. The fourth-order valence-corrected chi connectivity index (χ4v) is 3.69. The van der Waals surface area contributed by atoms with Gasteiger partial charge in [-0.05, 0) is 54.4 Å². The minimum atomic E-state index is 0.0778. The minimum absolute atomic E-state index is 0.0778. The van der Waals surface area contributed by atoms with E-state index >= 15 is 0 Å². The van der Waals surface area contributed by atoms with E-state index in [1.165, 1.54) is 0 Å². The number of carbonyl (C=O) groups excluding carboxylic acids is 1. The first-order valence-corrected chi connectivity index (χ1v) is 9.62. The number of amides is 1. The van der Waals surface area contributed by atoms with E-state index in [0.717, 1.165) is 22.6 Å². The number of nitrogens with zero attached hydrogens (tertiary/aromatic N) is 1. The lowest BCUT2D eigenvalue weighted by Crippen LogP contribution is -2.24. The Bertz CT molecular complexity index is 1050. The number of rotatable bonds is 5. The molecule has 5 heteroatoms. The standard InChI is InChI=1S/C24H24N2O3/c1-16-6-3-4-9-21(16)29-23-12-17(10-11-22(23)28-2)18-13-24(27)26(15-18)20-8-5-7-19(25)14-20/h3-12,14,18H,13,15,25H2,1-2H3/t18-/m0/s1. The van der Waals surface area contributed by atoms with Gasteiger partial charge in [-0.2, -0.15) is 0 Å². The summed E-state index contributed by atoms with van der Waals surface area (Å²) in [6.45, 7) is 2.61. The first kappa shape index (κ1) is 18.9. The molecule has 1 fully saturated rings. The summed E-state index contributed by atoms with van der Waals surface area (Å²) in [6, 6.07) is 21.2. The van der Waals surface area contributed by atoms with Gasteiger partial charge in [0.1, 0.15) is 5.75 Å². The number of aryl methyl sites for hydroxylation is 1. The third-order valence-electron chi connectivity index (χ3n) is 5.28. The van der Waals surface area contributed by atoms with Crippen LogP contribution in [0.2, 0.25) is 0 Å². The molecule has 1 amide bonds. The van der Waals surface area contributed by atoms with Crippen LogP contribution in [0.4, 0.5) is 11.4 Å². The Labute approximate surface area is 170 Å². The van der Waals surface area contributed by atoms with Crippen LogP contribution < -0.4 is 20.1 Å². The average Bonchev–Trinajstić information content (AvgIpc) is 3.11. The maximum absolute atomic E-state index is 12.6. The van der Waals surface area contributed by atoms with Crippen molar-refractivity contribution >= 4 is 17.3 Å². The Kier molecular flexibility index (Phi) is 5.12. The molecule has 0 bridgehead atoms. The molecule has 0 spiro atoms. The van der Waals surface area contributed by atoms with E-state index in [4.69, 9.17) is 15.2 Å². The van der Waals surface area contributed by atoms with Crippen LogP contribution >= 0.6 is 0 Å². The lowest BCUT2D eigenvalue weighted by Gasteiger charge is -2.18. The first-order valence-electron chi connectivity index (χ1n) is 9.62. The van der Waals surface area contributed by atoms with Crippen LogP contribution in [0.15, 0.2) is 66.7 Å². The number of hydrogen-bond donors (Lipinski definition) is 1. The molecule has 1 aliphatic heterocycles. The van der Waals surface area contributed by atoms with E-state index in [1.807, 2.05) is 73.7 Å². The number of nitrogens with two attached hydrogens (primary N) is 1. The van der Waals surface area contributed by atoms with Crippen molar-refractivity contribution in [3.8, 4) is 17.2 Å². The molecule has 0 radical (unpaired) electrons. The van der Waals surface area contributed by atoms with Gasteiger partial charge >= 0.3 is 0 Å². The lowest BCUT2D eigenvalue weighted by atomic mass is 9.98. The van der Waals surface area contributed by atoms with Gasteiger partial charge < -0.3 is 20.1 Å². The van der Waals surface area contributed by atoms with E-state index in [-0.39, 0.29) is 11.8 Å². The van der Waals surface area contributed by atoms with Crippen LogP contribution in [0.1, 0.15) is 23.5 Å². The van der Waals surface area contributed by atoms with Crippen molar-refractivity contribution in [2.75, 3.05) is 24.3 Å². The fourth-order valence-electron chi connectivity index (χ4n) is 3.69. The van der Waals surface area contributed by atoms with E-state index in [0.29, 0.717) is 30.2 Å². The van der Waals surface area contributed by atoms with Crippen molar-refractivity contribution in [2.24, 2.45) is 0 Å². The molecule has 3 aromatic carbocycles. The van der Waals surface area contributed by atoms with Gasteiger partial charge in [0.15, 0.2) is 11.5 Å². The lowest BCUT2D eigenvalue weighted by molar-refractivity contribution is -0.117. The Morgan fingerprint density at radius 3 is 2.55 bits per heavy atom. The summed E-state index contributed by atoms with van der Waals surface area (Å²) < 4.78 is 11.6. The average molecular weight is 388 g/mol. The quantitative estimate of drug-likeness (QED) is 0.632. The second-order valence-electron chi connectivity index (χ2n) is 7.28. The van der Waals surface area contributed by atoms with E-state index in [9.17, 15) is 4.79 Å². The zero-order chi connectivity index (χ0) is 20.4. The highest BCUT2D eigenvalue weighted by Gasteiger charge is 2.32. The second-order valence-corrected chi connectivity index (χ2v) is 7.28. The van der Waals surface area contributed by atoms with Gasteiger partial charge in [-0.25, -0.2) is 0 Å². The fraction of sp³-hybridized carbons (Fsp3) is 0.208. The molecular formula is C24H24N2O3. The van der Waals surface area contributed by atoms with E-state index < -0.39 is 0 Å². The van der Waals surface area contributed by atoms with Gasteiger partial charge in [0.2, 0.25) is 5.91 Å². The number of nitrogen functional groups attached to an aromatic ring is 1. The van der Waals surface area contributed by atoms with Crippen molar-refractivity contribution in [1.82, 2.24) is 0 Å². The molecule has 1 atom stereocenters. The van der Waals surface area contributed by atoms with Crippen molar-refractivity contribution in [1.29, 1.82) is 0 Å². The highest BCUT2D eigenvalue weighted by atomic mass is 16.5. The number of hydrogen-bond acceptors (Lipinski definition) is 4. The predicted molar refractivity (Wildman–Crippen MR) is 115 cm³/mol. The second kappa shape index (κ2) is 7.87. The molecule has 0 aromatic heterocycles. The van der Waals surface area contributed by atoms with E-state index in [1.54, 1.807) is 12.0 Å². The summed E-state index contributed by atoms with van der Waals surface area (Å²) in [5.41, 5.74) is 9.47. The van der Waals surface area contributed by atoms with E-state index in [2.05, 4.69) is 0 Å². The Hall–Kier alpha value is -3.47. The summed E-state index contributed by atoms with van der Waals surface area (Å²) in [5.74, 6) is 2.27. The zero-order valence-electron chi connectivity index (χ0n) is 16.6. The molecule has 0 unspecified atom stereocenters. The molecule has 29 heavy (non-hydrogen) atoms. The highest BCUT2D eigenvalue weighted by molar-refractivity contribution is 5.96. The molecule has 3 aromatic rings. The van der Waals surface area contributed by atoms with Crippen molar-refractivity contribution in [3.05, 3.63) is 77.9 Å². The number of ether oxygens (including phenoxy) is 2. The SMILES string of the molecule is COc1ccc([C@H]2CC(=O)N(c3cccc(N)c3)C2)cc1Oc1ccccc1C. The van der Waals surface area contributed by atoms with Crippen LogP contribution in [0, 0.1) is 6.92 Å². The van der Waals surface area contributed by atoms with Crippen molar-refractivity contribution in [2.45, 2.75) is 19.3 Å². The molecule has 148 valence electrons. The van der Waals surface area contributed by atoms with Crippen molar-refractivity contribution in [3.63, 3.8) is 0 Å². The van der Waals surface area contributed by atoms with Gasteiger partial charge in [0.25, 0.3) is 0 Å². The summed E-state index contributed by atoms with van der Waals surface area (Å²) in [7, 11) is 1.63. The topological polar surface area (TPSA) is 64.8 Å². The number of benzene rings is 3. The molecule has 1 saturated heterocycles. The molecule has 4 rings (SSSR count). The third kappa shape index (κ3) is 3.90. The normalized spacial score (nSPS) is 16.1. The summed E-state index contributed by atoms with van der Waals surface area (Å²) in [5, 5.41) is 0. The molecule has 0 aliphatic carbocycles. The Balaban J connectivity index is 1.61. The number of methoxy groups -OCH3 is 1. The van der Waals surface area contributed by atoms with Gasteiger partial charge in [0, 0.05) is 30.3 Å². The first-order chi connectivity index (χ1) is 14.0. The Morgan fingerprint density at radius 2 is 1.79 bits per heavy atom. The number of carbonyl (C=O) groups is 1. The molecular weight excluding hydrogens is 364 g/mol. The van der Waals surface area contributed by atoms with Crippen LogP contribution in [0.5, 0.6) is 17.2 Å². The monoisotopic (exact) mass is 388 g/mol. The molecule has 0 saturated carbocycles. The van der Waals surface area contributed by atoms with Crippen molar-refractivity contribution < 1.29 is 14.3 Å². The van der Waals surface area contributed by atoms with Crippen LogP contribution in [0.3, 0.4) is 0 Å². The maximum atomic E-state index is 12.6. The third-order valence-corrected chi connectivity index (χ3v) is 5.28. The summed E-state index contributed by atoms with van der Waals surface area (Å²) in [6.07, 6.45) is 0.449. The molecule has 2 N–H and O–H groups in total. The largest absolute Gasteiger partial charge is 0.493 e. The summed E-state index contributed by atoms with van der Waals surface area (Å²) >= 11 is 0. The Morgan fingerprint density at radius 1 is 0.966 bits per heavy atom. The van der Waals surface area contributed by atoms with Crippen LogP contribution in [0.25, 0.3) is 0 Å². The summed E-state index contributed by atoms with van der Waals surface area (Å²) in [4.78, 5) is 14.4.